The molecule has 2 heterocycles. The third-order valence-corrected chi connectivity index (χ3v) is 6.25. The van der Waals surface area contributed by atoms with Crippen LogP contribution >= 0.6 is 0 Å². The summed E-state index contributed by atoms with van der Waals surface area (Å²) < 4.78 is 6.48. The summed E-state index contributed by atoms with van der Waals surface area (Å²) in [6.07, 6.45) is 7.55. The Morgan fingerprint density at radius 1 is 1.21 bits per heavy atom. The maximum absolute atomic E-state index is 12.7. The number of hydrogen-bond donors (Lipinski definition) is 2. The van der Waals surface area contributed by atoms with Crippen LogP contribution in [0.25, 0.3) is 0 Å². The molecule has 2 N–H and O–H groups in total. The number of likely N-dealkylation sites (tertiary alicyclic amines) is 1. The van der Waals surface area contributed by atoms with E-state index < -0.39 is 0 Å². The monoisotopic (exact) mass is 329 g/mol. The lowest BCUT2D eigenvalue weighted by atomic mass is 9.80. The summed E-state index contributed by atoms with van der Waals surface area (Å²) in [7, 11) is 2.25. The third-order valence-electron chi connectivity index (χ3n) is 6.25. The number of hydrogen-bond acceptors (Lipinski definition) is 2. The number of quaternary nitrogens is 1. The van der Waals surface area contributed by atoms with E-state index in [1.165, 1.54) is 12.8 Å². The molecule has 4 rings (SSSR count). The summed E-state index contributed by atoms with van der Waals surface area (Å²) in [4.78, 5) is 14.3. The number of piperidine rings is 1. The molecule has 2 aliphatic heterocycles. The van der Waals surface area contributed by atoms with Crippen LogP contribution in [0.5, 0.6) is 5.75 Å². The average Bonchev–Trinajstić information content (AvgIpc) is 3.13. The molecule has 0 bridgehead atoms. The number of rotatable bonds is 2. The van der Waals surface area contributed by atoms with Crippen LogP contribution in [0.1, 0.15) is 56.6 Å². The molecule has 1 spiro atoms. The SMILES string of the molecule is C[NH+]1CCC2(CC1)C[C@@H](NC(=O)C1CCCC1)c1ccccc1O2. The number of carbonyl (C=O) groups excluding carboxylic acids is 1. The molecule has 24 heavy (non-hydrogen) atoms. The highest BCUT2D eigenvalue weighted by atomic mass is 16.5. The number of carbonyl (C=O) groups is 1. The number of para-hydroxylation sites is 1. The highest BCUT2D eigenvalue weighted by molar-refractivity contribution is 5.79. The van der Waals surface area contributed by atoms with Gasteiger partial charge >= 0.3 is 0 Å². The van der Waals surface area contributed by atoms with Gasteiger partial charge in [-0.1, -0.05) is 31.0 Å². The number of ether oxygens (including phenoxy) is 1. The quantitative estimate of drug-likeness (QED) is 0.870. The summed E-state index contributed by atoms with van der Waals surface area (Å²) in [5.74, 6) is 1.45. The zero-order valence-corrected chi connectivity index (χ0v) is 14.6. The molecule has 1 saturated heterocycles. The zero-order chi connectivity index (χ0) is 16.6. The van der Waals surface area contributed by atoms with Crippen LogP contribution in [-0.4, -0.2) is 31.6 Å². The van der Waals surface area contributed by atoms with E-state index in [0.717, 1.165) is 56.5 Å². The van der Waals surface area contributed by atoms with Crippen LogP contribution in [0.4, 0.5) is 0 Å². The second-order valence-electron chi connectivity index (χ2n) is 8.03. The molecule has 0 unspecified atom stereocenters. The Morgan fingerprint density at radius 3 is 2.67 bits per heavy atom. The minimum Gasteiger partial charge on any atom is -0.486 e. The van der Waals surface area contributed by atoms with E-state index in [0.29, 0.717) is 0 Å². The van der Waals surface area contributed by atoms with Gasteiger partial charge in [0.25, 0.3) is 0 Å². The largest absolute Gasteiger partial charge is 0.486 e. The second kappa shape index (κ2) is 6.40. The highest BCUT2D eigenvalue weighted by Crippen LogP contribution is 2.43. The van der Waals surface area contributed by atoms with Crippen molar-refractivity contribution in [2.24, 2.45) is 5.92 Å². The molecule has 1 saturated carbocycles. The molecule has 1 aliphatic carbocycles. The van der Waals surface area contributed by atoms with Gasteiger partial charge in [0.2, 0.25) is 5.91 Å². The van der Waals surface area contributed by atoms with Gasteiger partial charge in [-0.05, 0) is 18.9 Å². The van der Waals surface area contributed by atoms with Crippen molar-refractivity contribution in [1.29, 1.82) is 0 Å². The molecule has 3 aliphatic rings. The van der Waals surface area contributed by atoms with Gasteiger partial charge in [0.15, 0.2) is 0 Å². The van der Waals surface area contributed by atoms with Crippen LogP contribution in [0, 0.1) is 5.92 Å². The molecule has 1 aromatic carbocycles. The predicted octanol–water partition coefficient (Wildman–Crippen LogP) is 1.86. The number of benzene rings is 1. The standard InChI is InChI=1S/C20H28N2O2/c1-22-12-10-20(11-13-22)14-17(16-8-4-5-9-18(16)24-20)21-19(23)15-6-2-3-7-15/h4-5,8-9,15,17H,2-3,6-7,10-14H2,1H3,(H,21,23)/p+1/t17-/m1/s1. The lowest BCUT2D eigenvalue weighted by molar-refractivity contribution is -0.887. The molecule has 0 radical (unpaired) electrons. The topological polar surface area (TPSA) is 42.8 Å². The number of amides is 1. The van der Waals surface area contributed by atoms with Gasteiger partial charge in [-0.15, -0.1) is 0 Å². The smallest absolute Gasteiger partial charge is 0.223 e. The van der Waals surface area contributed by atoms with Crippen molar-refractivity contribution in [3.05, 3.63) is 29.8 Å². The maximum Gasteiger partial charge on any atom is 0.223 e. The zero-order valence-electron chi connectivity index (χ0n) is 14.6. The fourth-order valence-corrected chi connectivity index (χ4v) is 4.66. The van der Waals surface area contributed by atoms with Crippen LogP contribution < -0.4 is 15.0 Å². The first-order chi connectivity index (χ1) is 11.7. The van der Waals surface area contributed by atoms with Gasteiger partial charge in [-0.3, -0.25) is 4.79 Å². The van der Waals surface area contributed by atoms with Gasteiger partial charge in [0.05, 0.1) is 26.2 Å². The Kier molecular flexibility index (Phi) is 4.25. The van der Waals surface area contributed by atoms with Crippen molar-refractivity contribution in [3.8, 4) is 5.75 Å². The lowest BCUT2D eigenvalue weighted by Crippen LogP contribution is -3.10. The first-order valence-electron chi connectivity index (χ1n) is 9.55. The Hall–Kier alpha value is -1.55. The van der Waals surface area contributed by atoms with Gasteiger partial charge in [-0.25, -0.2) is 0 Å². The van der Waals surface area contributed by atoms with E-state index in [9.17, 15) is 4.79 Å². The van der Waals surface area contributed by atoms with Crippen molar-refractivity contribution in [2.45, 2.75) is 56.6 Å². The molecule has 1 amide bonds. The van der Waals surface area contributed by atoms with Gasteiger partial charge in [0, 0.05) is 30.7 Å². The van der Waals surface area contributed by atoms with Gasteiger partial charge < -0.3 is 15.0 Å². The number of fused-ring (bicyclic) bond motifs is 1. The fraction of sp³-hybridized carbons (Fsp3) is 0.650. The molecule has 0 aromatic heterocycles. The lowest BCUT2D eigenvalue weighted by Gasteiger charge is -2.45. The first-order valence-corrected chi connectivity index (χ1v) is 9.55. The summed E-state index contributed by atoms with van der Waals surface area (Å²) in [6, 6.07) is 8.36. The number of nitrogens with one attached hydrogen (secondary N) is 2. The predicted molar refractivity (Wildman–Crippen MR) is 93.1 cm³/mol. The van der Waals surface area contributed by atoms with Crippen LogP contribution in [0.3, 0.4) is 0 Å². The summed E-state index contributed by atoms with van der Waals surface area (Å²) >= 11 is 0. The maximum atomic E-state index is 12.7. The Labute approximate surface area is 144 Å². The summed E-state index contributed by atoms with van der Waals surface area (Å²) in [6.45, 7) is 2.29. The van der Waals surface area contributed by atoms with Crippen LogP contribution in [-0.2, 0) is 4.79 Å². The van der Waals surface area contributed by atoms with Gasteiger partial charge in [0.1, 0.15) is 11.4 Å². The van der Waals surface area contributed by atoms with E-state index in [4.69, 9.17) is 4.74 Å². The van der Waals surface area contributed by atoms with E-state index in [1.807, 2.05) is 12.1 Å². The normalized spacial score (nSPS) is 33.0. The van der Waals surface area contributed by atoms with Gasteiger partial charge in [-0.2, -0.15) is 0 Å². The fourth-order valence-electron chi connectivity index (χ4n) is 4.66. The molecular formula is C20H29N2O2+. The Bertz CT molecular complexity index is 601. The van der Waals surface area contributed by atoms with Crippen molar-refractivity contribution in [2.75, 3.05) is 20.1 Å². The Balaban J connectivity index is 1.56. The van der Waals surface area contributed by atoms with Crippen LogP contribution in [0.15, 0.2) is 24.3 Å². The molecule has 4 nitrogen and oxygen atoms in total. The van der Waals surface area contributed by atoms with E-state index in [1.54, 1.807) is 4.90 Å². The average molecular weight is 329 g/mol. The van der Waals surface area contributed by atoms with Crippen molar-refractivity contribution in [1.82, 2.24) is 5.32 Å². The van der Waals surface area contributed by atoms with Crippen molar-refractivity contribution >= 4 is 5.91 Å². The van der Waals surface area contributed by atoms with E-state index in [2.05, 4.69) is 24.5 Å². The van der Waals surface area contributed by atoms with E-state index in [-0.39, 0.29) is 23.5 Å². The molecule has 1 aromatic rings. The minimum absolute atomic E-state index is 0.0957. The first kappa shape index (κ1) is 15.9. The molecular weight excluding hydrogens is 300 g/mol. The summed E-state index contributed by atoms with van der Waals surface area (Å²) in [5.41, 5.74) is 1.06. The molecule has 2 fully saturated rings. The molecule has 1 atom stereocenters. The molecule has 130 valence electrons. The Morgan fingerprint density at radius 2 is 1.92 bits per heavy atom. The second-order valence-corrected chi connectivity index (χ2v) is 8.03. The molecule has 4 heteroatoms. The minimum atomic E-state index is -0.0957. The van der Waals surface area contributed by atoms with Crippen molar-refractivity contribution in [3.63, 3.8) is 0 Å². The third kappa shape index (κ3) is 3.04. The van der Waals surface area contributed by atoms with Crippen molar-refractivity contribution < 1.29 is 14.4 Å². The van der Waals surface area contributed by atoms with E-state index >= 15 is 0 Å². The van der Waals surface area contributed by atoms with Crippen LogP contribution in [0.2, 0.25) is 0 Å². The highest BCUT2D eigenvalue weighted by Gasteiger charge is 2.44. The summed E-state index contributed by atoms with van der Waals surface area (Å²) in [5, 5.41) is 3.37.